The fourth-order valence-corrected chi connectivity index (χ4v) is 5.40. The topological polar surface area (TPSA) is 55.8 Å². The zero-order valence-electron chi connectivity index (χ0n) is 19.6. The third-order valence-electron chi connectivity index (χ3n) is 5.58. The van der Waals surface area contributed by atoms with Crippen molar-refractivity contribution in [1.29, 1.82) is 0 Å². The fourth-order valence-electron chi connectivity index (χ4n) is 3.96. The van der Waals surface area contributed by atoms with Crippen LogP contribution in [-0.4, -0.2) is 35.9 Å². The largest absolute Gasteiger partial charge is 0.497 e. The SMILES string of the molecule is CCC1(CCCc2ccc(OC)cc2)Sc2ccccc2N(CC(=O)OC(C)(C)C)C1=O. The van der Waals surface area contributed by atoms with Crippen LogP contribution < -0.4 is 9.64 Å². The van der Waals surface area contributed by atoms with Gasteiger partial charge in [-0.15, -0.1) is 11.8 Å². The van der Waals surface area contributed by atoms with Crippen molar-refractivity contribution >= 4 is 29.3 Å². The van der Waals surface area contributed by atoms with Crippen molar-refractivity contribution in [3.63, 3.8) is 0 Å². The van der Waals surface area contributed by atoms with Crippen molar-refractivity contribution < 1.29 is 19.1 Å². The number of aryl methyl sites for hydroxylation is 1. The standard InChI is InChI=1S/C26H33NO4S/c1-6-26(17-9-10-19-13-15-20(30-5)16-14-19)24(29)27(18-23(28)31-25(2,3)4)21-11-7-8-12-22(21)32-26/h7-8,11-16H,6,9-10,17-18H2,1-5H3. The molecule has 0 N–H and O–H groups in total. The van der Waals surface area contributed by atoms with E-state index in [1.54, 1.807) is 23.8 Å². The second-order valence-corrected chi connectivity index (χ2v) is 10.5. The molecule has 5 nitrogen and oxygen atoms in total. The summed E-state index contributed by atoms with van der Waals surface area (Å²) in [4.78, 5) is 29.0. The van der Waals surface area contributed by atoms with Crippen molar-refractivity contribution in [3.8, 4) is 5.75 Å². The molecule has 1 aliphatic rings. The van der Waals surface area contributed by atoms with Gasteiger partial charge in [0.05, 0.1) is 17.5 Å². The lowest BCUT2D eigenvalue weighted by Gasteiger charge is -2.41. The van der Waals surface area contributed by atoms with E-state index in [2.05, 4.69) is 19.1 Å². The predicted molar refractivity (Wildman–Crippen MR) is 129 cm³/mol. The number of amides is 1. The Kier molecular flexibility index (Phi) is 7.55. The molecule has 1 heterocycles. The minimum absolute atomic E-state index is 0.00992. The van der Waals surface area contributed by atoms with E-state index in [0.717, 1.165) is 35.6 Å². The van der Waals surface area contributed by atoms with Crippen LogP contribution in [0.1, 0.15) is 52.5 Å². The lowest BCUT2D eigenvalue weighted by atomic mass is 9.94. The summed E-state index contributed by atoms with van der Waals surface area (Å²) in [7, 11) is 1.66. The Morgan fingerprint density at radius 2 is 1.78 bits per heavy atom. The number of thioether (sulfide) groups is 1. The Balaban J connectivity index is 1.79. The van der Waals surface area contributed by atoms with Gasteiger partial charge in [-0.3, -0.25) is 14.5 Å². The van der Waals surface area contributed by atoms with Gasteiger partial charge in [-0.1, -0.05) is 31.2 Å². The summed E-state index contributed by atoms with van der Waals surface area (Å²) < 4.78 is 10.2. The number of methoxy groups -OCH3 is 1. The molecule has 0 aliphatic carbocycles. The molecule has 2 aromatic carbocycles. The molecule has 1 amide bonds. The number of para-hydroxylation sites is 1. The highest BCUT2D eigenvalue weighted by Gasteiger charge is 2.46. The molecule has 1 aliphatic heterocycles. The monoisotopic (exact) mass is 455 g/mol. The van der Waals surface area contributed by atoms with Crippen LogP contribution in [0.3, 0.4) is 0 Å². The minimum atomic E-state index is -0.594. The van der Waals surface area contributed by atoms with Crippen LogP contribution >= 0.6 is 11.8 Å². The van der Waals surface area contributed by atoms with Gasteiger partial charge in [-0.05, 0) is 76.3 Å². The van der Waals surface area contributed by atoms with Crippen LogP contribution in [0.5, 0.6) is 5.75 Å². The van der Waals surface area contributed by atoms with Gasteiger partial charge in [0, 0.05) is 4.90 Å². The molecule has 2 aromatic rings. The molecule has 0 aromatic heterocycles. The molecule has 6 heteroatoms. The first-order valence-electron chi connectivity index (χ1n) is 11.1. The van der Waals surface area contributed by atoms with E-state index in [0.29, 0.717) is 6.42 Å². The van der Waals surface area contributed by atoms with E-state index >= 15 is 0 Å². The minimum Gasteiger partial charge on any atom is -0.497 e. The van der Waals surface area contributed by atoms with Crippen molar-refractivity contribution in [2.75, 3.05) is 18.6 Å². The molecule has 32 heavy (non-hydrogen) atoms. The first-order valence-corrected chi connectivity index (χ1v) is 11.9. The molecule has 1 atom stereocenters. The van der Waals surface area contributed by atoms with Crippen molar-refractivity contribution in [2.45, 2.75) is 68.6 Å². The van der Waals surface area contributed by atoms with Crippen molar-refractivity contribution in [3.05, 3.63) is 54.1 Å². The highest BCUT2D eigenvalue weighted by Crippen LogP contribution is 2.49. The highest BCUT2D eigenvalue weighted by molar-refractivity contribution is 8.01. The van der Waals surface area contributed by atoms with Crippen LogP contribution in [0.4, 0.5) is 5.69 Å². The summed E-state index contributed by atoms with van der Waals surface area (Å²) in [6, 6.07) is 15.9. The maximum Gasteiger partial charge on any atom is 0.326 e. The Morgan fingerprint density at radius 3 is 2.41 bits per heavy atom. The van der Waals surface area contributed by atoms with Crippen LogP contribution in [0.2, 0.25) is 0 Å². The first-order chi connectivity index (χ1) is 15.2. The number of benzene rings is 2. The molecule has 3 rings (SSSR count). The van der Waals surface area contributed by atoms with Crippen LogP contribution in [0.15, 0.2) is 53.4 Å². The third kappa shape index (κ3) is 5.66. The quantitative estimate of drug-likeness (QED) is 0.482. The number of ether oxygens (including phenoxy) is 2. The van der Waals surface area contributed by atoms with E-state index in [1.807, 2.05) is 57.2 Å². The first kappa shape index (κ1) is 24.2. The summed E-state index contributed by atoms with van der Waals surface area (Å²) >= 11 is 1.63. The number of fused-ring (bicyclic) bond motifs is 1. The summed E-state index contributed by atoms with van der Waals surface area (Å²) in [5, 5.41) is 0. The summed E-state index contributed by atoms with van der Waals surface area (Å²) in [6.07, 6.45) is 3.19. The van der Waals surface area contributed by atoms with Crippen LogP contribution in [0.25, 0.3) is 0 Å². The van der Waals surface area contributed by atoms with E-state index in [9.17, 15) is 9.59 Å². The molecule has 0 bridgehead atoms. The Bertz CT molecular complexity index is 951. The van der Waals surface area contributed by atoms with Gasteiger partial charge in [-0.2, -0.15) is 0 Å². The van der Waals surface area contributed by atoms with Gasteiger partial charge in [0.2, 0.25) is 5.91 Å². The number of anilines is 1. The molecule has 0 radical (unpaired) electrons. The van der Waals surface area contributed by atoms with Gasteiger partial charge in [0.25, 0.3) is 0 Å². The number of esters is 1. The second kappa shape index (κ2) is 9.99. The average Bonchev–Trinajstić information content (AvgIpc) is 2.75. The molecule has 0 saturated heterocycles. The van der Waals surface area contributed by atoms with Crippen LogP contribution in [0, 0.1) is 0 Å². The van der Waals surface area contributed by atoms with E-state index in [4.69, 9.17) is 9.47 Å². The number of carbonyl (C=O) groups excluding carboxylic acids is 2. The van der Waals surface area contributed by atoms with E-state index in [1.165, 1.54) is 5.56 Å². The summed E-state index contributed by atoms with van der Waals surface area (Å²) in [5.74, 6) is 0.436. The highest BCUT2D eigenvalue weighted by atomic mass is 32.2. The summed E-state index contributed by atoms with van der Waals surface area (Å²) in [5.41, 5.74) is 1.41. The number of carbonyl (C=O) groups is 2. The Morgan fingerprint density at radius 1 is 1.09 bits per heavy atom. The number of hydrogen-bond acceptors (Lipinski definition) is 5. The fraction of sp³-hybridized carbons (Fsp3) is 0.462. The Labute approximate surface area is 195 Å². The van der Waals surface area contributed by atoms with E-state index < -0.39 is 16.3 Å². The molecule has 172 valence electrons. The number of hydrogen-bond donors (Lipinski definition) is 0. The molecule has 1 unspecified atom stereocenters. The maximum absolute atomic E-state index is 13.7. The molecular weight excluding hydrogens is 422 g/mol. The van der Waals surface area contributed by atoms with Crippen molar-refractivity contribution in [1.82, 2.24) is 0 Å². The predicted octanol–water partition coefficient (Wildman–Crippen LogP) is 5.65. The average molecular weight is 456 g/mol. The van der Waals surface area contributed by atoms with E-state index in [-0.39, 0.29) is 12.5 Å². The van der Waals surface area contributed by atoms with Crippen molar-refractivity contribution in [2.24, 2.45) is 0 Å². The zero-order valence-corrected chi connectivity index (χ0v) is 20.5. The maximum atomic E-state index is 13.7. The lowest BCUT2D eigenvalue weighted by molar-refractivity contribution is -0.153. The zero-order chi connectivity index (χ0) is 23.4. The van der Waals surface area contributed by atoms with Gasteiger partial charge < -0.3 is 9.47 Å². The normalized spacial score (nSPS) is 18.3. The molecular formula is C26H33NO4S. The summed E-state index contributed by atoms with van der Waals surface area (Å²) in [6.45, 7) is 7.48. The molecule has 0 spiro atoms. The number of nitrogens with zero attached hydrogens (tertiary/aromatic N) is 1. The second-order valence-electron chi connectivity index (χ2n) is 9.10. The van der Waals surface area contributed by atoms with Gasteiger partial charge >= 0.3 is 5.97 Å². The third-order valence-corrected chi connectivity index (χ3v) is 7.20. The van der Waals surface area contributed by atoms with Gasteiger partial charge in [-0.25, -0.2) is 0 Å². The molecule has 0 fully saturated rings. The molecule has 0 saturated carbocycles. The van der Waals surface area contributed by atoms with Gasteiger partial charge in [0.15, 0.2) is 0 Å². The Hall–Kier alpha value is -2.47. The van der Waals surface area contributed by atoms with Gasteiger partial charge in [0.1, 0.15) is 17.9 Å². The number of rotatable bonds is 8. The smallest absolute Gasteiger partial charge is 0.326 e. The van der Waals surface area contributed by atoms with Crippen LogP contribution in [-0.2, 0) is 20.7 Å². The lowest BCUT2D eigenvalue weighted by Crippen LogP contribution is -2.52.